The number of nitriles is 1. The van der Waals surface area contributed by atoms with Crippen LogP contribution in [-0.2, 0) is 4.79 Å². The van der Waals surface area contributed by atoms with Gasteiger partial charge in [-0.15, -0.1) is 0 Å². The van der Waals surface area contributed by atoms with Crippen LogP contribution in [0.3, 0.4) is 0 Å². The van der Waals surface area contributed by atoms with E-state index in [1.54, 1.807) is 29.2 Å². The van der Waals surface area contributed by atoms with Crippen molar-refractivity contribution in [1.29, 1.82) is 5.26 Å². The molecule has 29 heavy (non-hydrogen) atoms. The highest BCUT2D eigenvalue weighted by molar-refractivity contribution is 5.99. The molecule has 1 aliphatic carbocycles. The molecule has 0 aromatic carbocycles. The Morgan fingerprint density at radius 2 is 2.07 bits per heavy atom. The molecule has 2 atom stereocenters. The number of anilines is 1. The number of aryl methyl sites for hydroxylation is 1. The molecule has 2 aromatic rings. The van der Waals surface area contributed by atoms with Gasteiger partial charge < -0.3 is 5.32 Å². The fraction of sp³-hybridized carbons (Fsp3) is 0.409. The molecule has 1 saturated heterocycles. The summed E-state index contributed by atoms with van der Waals surface area (Å²) in [5.74, 6) is 0.384. The Hall–Kier alpha value is -3.27. The van der Waals surface area contributed by atoms with Crippen molar-refractivity contribution in [3.63, 3.8) is 0 Å². The van der Waals surface area contributed by atoms with Crippen molar-refractivity contribution >= 4 is 17.6 Å². The zero-order chi connectivity index (χ0) is 20.4. The third kappa shape index (κ3) is 3.70. The third-order valence-corrected chi connectivity index (χ3v) is 5.94. The first-order valence-corrected chi connectivity index (χ1v) is 9.94. The van der Waals surface area contributed by atoms with Gasteiger partial charge in [-0.05, 0) is 56.9 Å². The number of amides is 2. The molecule has 0 radical (unpaired) electrons. The number of nitrogens with zero attached hydrogens (tertiary/aromatic N) is 4. The zero-order valence-electron chi connectivity index (χ0n) is 16.4. The zero-order valence-corrected chi connectivity index (χ0v) is 16.4. The third-order valence-electron chi connectivity index (χ3n) is 5.94. The van der Waals surface area contributed by atoms with Gasteiger partial charge in [0.2, 0.25) is 5.91 Å². The topological polar surface area (TPSA) is 99.0 Å². The summed E-state index contributed by atoms with van der Waals surface area (Å²) in [7, 11) is 0. The maximum Gasteiger partial charge on any atom is 0.270 e. The van der Waals surface area contributed by atoms with E-state index in [1.807, 2.05) is 25.1 Å². The molecule has 1 saturated carbocycles. The number of hydrogen-bond donors (Lipinski definition) is 1. The molecule has 7 nitrogen and oxygen atoms in total. The van der Waals surface area contributed by atoms with Crippen LogP contribution in [0.25, 0.3) is 0 Å². The molecule has 1 spiro atoms. The molecule has 1 N–H and O–H groups in total. The lowest BCUT2D eigenvalue weighted by molar-refractivity contribution is -0.127. The number of pyridine rings is 2. The summed E-state index contributed by atoms with van der Waals surface area (Å²) >= 11 is 0. The summed E-state index contributed by atoms with van der Waals surface area (Å²) < 4.78 is 0. The maximum atomic E-state index is 13.3. The minimum Gasteiger partial charge on any atom is -0.348 e. The quantitative estimate of drug-likeness (QED) is 0.870. The van der Waals surface area contributed by atoms with Gasteiger partial charge in [0.05, 0.1) is 5.41 Å². The first-order chi connectivity index (χ1) is 14.0. The lowest BCUT2D eigenvalue weighted by Crippen LogP contribution is -2.46. The molecule has 4 rings (SSSR count). The molecule has 2 unspecified atom stereocenters. The molecule has 148 valence electrons. The fourth-order valence-corrected chi connectivity index (χ4v) is 4.51. The smallest absolute Gasteiger partial charge is 0.270 e. The van der Waals surface area contributed by atoms with Gasteiger partial charge >= 0.3 is 0 Å². The molecular formula is C22H23N5O2. The highest BCUT2D eigenvalue weighted by Gasteiger charge is 2.50. The Kier molecular flexibility index (Phi) is 5.01. The minimum atomic E-state index is -0.472. The number of aromatic nitrogens is 2. The number of hydrogen-bond acceptors (Lipinski definition) is 5. The average Bonchev–Trinajstić information content (AvgIpc) is 3.03. The normalized spacial score (nSPS) is 23.8. The van der Waals surface area contributed by atoms with E-state index in [-0.39, 0.29) is 17.9 Å². The van der Waals surface area contributed by atoms with E-state index in [2.05, 4.69) is 15.3 Å². The van der Waals surface area contributed by atoms with Crippen LogP contribution in [0.4, 0.5) is 5.82 Å². The predicted molar refractivity (Wildman–Crippen MR) is 107 cm³/mol. The van der Waals surface area contributed by atoms with Crippen molar-refractivity contribution < 1.29 is 9.59 Å². The van der Waals surface area contributed by atoms with Gasteiger partial charge in [0.1, 0.15) is 23.3 Å². The van der Waals surface area contributed by atoms with Crippen LogP contribution in [0.1, 0.15) is 54.0 Å². The Labute approximate surface area is 169 Å². The molecule has 7 heteroatoms. The van der Waals surface area contributed by atoms with Gasteiger partial charge in [-0.1, -0.05) is 18.6 Å². The SMILES string of the molecule is Cc1cccc(C(=O)NC2CCCC3(CCN(c4cccc(C#N)n4)C3=O)C2)n1. The highest BCUT2D eigenvalue weighted by atomic mass is 16.2. The number of carbonyl (C=O) groups excluding carboxylic acids is 2. The second kappa shape index (κ2) is 7.63. The number of nitrogens with one attached hydrogen (secondary N) is 1. The van der Waals surface area contributed by atoms with Crippen molar-refractivity contribution in [3.05, 3.63) is 53.5 Å². The van der Waals surface area contributed by atoms with Crippen molar-refractivity contribution in [1.82, 2.24) is 15.3 Å². The van der Waals surface area contributed by atoms with Crippen LogP contribution in [0, 0.1) is 23.7 Å². The van der Waals surface area contributed by atoms with Crippen LogP contribution in [0.2, 0.25) is 0 Å². The van der Waals surface area contributed by atoms with Crippen LogP contribution < -0.4 is 10.2 Å². The van der Waals surface area contributed by atoms with E-state index in [0.717, 1.165) is 31.4 Å². The number of carbonyl (C=O) groups is 2. The second-order valence-corrected chi connectivity index (χ2v) is 7.91. The summed E-state index contributed by atoms with van der Waals surface area (Å²) in [6.07, 6.45) is 3.92. The highest BCUT2D eigenvalue weighted by Crippen LogP contribution is 2.45. The molecule has 2 amide bonds. The Morgan fingerprint density at radius 3 is 2.86 bits per heavy atom. The Bertz CT molecular complexity index is 999. The molecular weight excluding hydrogens is 366 g/mol. The van der Waals surface area contributed by atoms with Crippen LogP contribution in [0.5, 0.6) is 0 Å². The second-order valence-electron chi connectivity index (χ2n) is 7.91. The molecule has 0 bridgehead atoms. The summed E-state index contributed by atoms with van der Waals surface area (Å²) in [5.41, 5.74) is 1.03. The van der Waals surface area contributed by atoms with E-state index < -0.39 is 5.41 Å². The minimum absolute atomic E-state index is 0.0488. The van der Waals surface area contributed by atoms with Gasteiger partial charge in [0.25, 0.3) is 5.91 Å². The van der Waals surface area contributed by atoms with E-state index in [0.29, 0.717) is 30.2 Å². The lowest BCUT2D eigenvalue weighted by Gasteiger charge is -2.36. The summed E-state index contributed by atoms with van der Waals surface area (Å²) in [5, 5.41) is 12.2. The average molecular weight is 389 g/mol. The molecule has 1 aliphatic heterocycles. The van der Waals surface area contributed by atoms with Gasteiger partial charge in [0, 0.05) is 18.3 Å². The van der Waals surface area contributed by atoms with Gasteiger partial charge in [-0.25, -0.2) is 9.97 Å². The van der Waals surface area contributed by atoms with E-state index in [4.69, 9.17) is 5.26 Å². The van der Waals surface area contributed by atoms with Crippen molar-refractivity contribution in [2.24, 2.45) is 5.41 Å². The van der Waals surface area contributed by atoms with E-state index in [9.17, 15) is 9.59 Å². The first kappa shape index (κ1) is 19.1. The van der Waals surface area contributed by atoms with Gasteiger partial charge in [-0.3, -0.25) is 14.5 Å². The number of rotatable bonds is 3. The molecule has 2 aromatic heterocycles. The van der Waals surface area contributed by atoms with E-state index in [1.165, 1.54) is 0 Å². The monoisotopic (exact) mass is 389 g/mol. The fourth-order valence-electron chi connectivity index (χ4n) is 4.51. The molecule has 3 heterocycles. The predicted octanol–water partition coefficient (Wildman–Crippen LogP) is 2.75. The standard InChI is InChI=1S/C22H23N5O2/c1-15-5-2-8-18(24-15)20(28)26-16-7-4-10-22(13-16)11-12-27(21(22)29)19-9-3-6-17(14-23)25-19/h2-3,5-6,8-9,16H,4,7,10-13H2,1H3,(H,26,28). The van der Waals surface area contributed by atoms with Crippen molar-refractivity contribution in [3.8, 4) is 6.07 Å². The Morgan fingerprint density at radius 1 is 1.24 bits per heavy atom. The largest absolute Gasteiger partial charge is 0.348 e. The van der Waals surface area contributed by atoms with Crippen LogP contribution in [-0.4, -0.2) is 34.4 Å². The van der Waals surface area contributed by atoms with Crippen molar-refractivity contribution in [2.75, 3.05) is 11.4 Å². The summed E-state index contributed by atoms with van der Waals surface area (Å²) in [6.45, 7) is 2.44. The van der Waals surface area contributed by atoms with Crippen LogP contribution >= 0.6 is 0 Å². The van der Waals surface area contributed by atoms with Crippen LogP contribution in [0.15, 0.2) is 36.4 Å². The van der Waals surface area contributed by atoms with Gasteiger partial charge in [0.15, 0.2) is 0 Å². The first-order valence-electron chi connectivity index (χ1n) is 9.94. The van der Waals surface area contributed by atoms with Crippen molar-refractivity contribution in [2.45, 2.75) is 45.1 Å². The summed E-state index contributed by atoms with van der Waals surface area (Å²) in [4.78, 5) is 36.2. The lowest BCUT2D eigenvalue weighted by atomic mass is 9.71. The van der Waals surface area contributed by atoms with E-state index >= 15 is 0 Å². The Balaban J connectivity index is 1.48. The summed E-state index contributed by atoms with van der Waals surface area (Å²) in [6, 6.07) is 12.5. The molecule has 2 fully saturated rings. The maximum absolute atomic E-state index is 13.3. The van der Waals surface area contributed by atoms with Gasteiger partial charge in [-0.2, -0.15) is 5.26 Å². The molecule has 2 aliphatic rings.